The van der Waals surface area contributed by atoms with Crippen molar-refractivity contribution in [1.29, 1.82) is 0 Å². The fourth-order valence-electron chi connectivity index (χ4n) is 4.00. The first-order valence-electron chi connectivity index (χ1n) is 8.23. The van der Waals surface area contributed by atoms with Crippen molar-refractivity contribution in [3.63, 3.8) is 0 Å². The normalized spacial score (nSPS) is 18.1. The smallest absolute Gasteiger partial charge is 0.128 e. The van der Waals surface area contributed by atoms with Crippen molar-refractivity contribution in [2.24, 2.45) is 0 Å². The van der Waals surface area contributed by atoms with Crippen LogP contribution in [0.5, 0.6) is 0 Å². The fraction of sp³-hybridized carbons (Fsp3) is 0.706. The van der Waals surface area contributed by atoms with E-state index in [0.29, 0.717) is 5.82 Å². The Balaban J connectivity index is 2.46. The van der Waals surface area contributed by atoms with Gasteiger partial charge in [0.15, 0.2) is 0 Å². The van der Waals surface area contributed by atoms with E-state index < -0.39 is 0 Å². The number of nitrogen functional groups attached to an aromatic ring is 1. The molecule has 2 heterocycles. The number of nitrogens with two attached hydrogens (primary N) is 1. The number of hydrogen-bond acceptors (Lipinski definition) is 4. The summed E-state index contributed by atoms with van der Waals surface area (Å²) >= 11 is 0. The van der Waals surface area contributed by atoms with Crippen molar-refractivity contribution in [1.82, 2.24) is 15.2 Å². The molecule has 2 rings (SSSR count). The minimum absolute atomic E-state index is 0.120. The molecule has 0 radical (unpaired) electrons. The first-order chi connectivity index (χ1) is 10.1. The van der Waals surface area contributed by atoms with E-state index in [1.54, 1.807) is 0 Å². The highest BCUT2D eigenvalue weighted by Gasteiger charge is 2.42. The molecule has 4 heteroatoms. The molecule has 0 aromatic carbocycles. The van der Waals surface area contributed by atoms with E-state index in [1.165, 1.54) is 31.5 Å². The van der Waals surface area contributed by atoms with Gasteiger partial charge in [-0.3, -0.25) is 4.90 Å². The minimum Gasteiger partial charge on any atom is -0.383 e. The van der Waals surface area contributed by atoms with Gasteiger partial charge in [-0.05, 0) is 64.4 Å². The van der Waals surface area contributed by atoms with Crippen LogP contribution in [0, 0.1) is 6.92 Å². The number of aryl methyl sites for hydroxylation is 1. The van der Waals surface area contributed by atoms with Crippen LogP contribution in [0.1, 0.15) is 56.7 Å². The van der Waals surface area contributed by atoms with E-state index in [2.05, 4.69) is 42.0 Å². The zero-order chi connectivity index (χ0) is 15.5. The number of rotatable bonds is 6. The third kappa shape index (κ3) is 2.92. The van der Waals surface area contributed by atoms with E-state index in [4.69, 9.17) is 5.73 Å². The number of anilines is 1. The number of nitrogens with one attached hydrogen (secondary N) is 1. The molecule has 0 amide bonds. The maximum Gasteiger partial charge on any atom is 0.128 e. The molecule has 0 aliphatic carbocycles. The highest BCUT2D eigenvalue weighted by Crippen LogP contribution is 2.40. The molecule has 1 atom stereocenters. The van der Waals surface area contributed by atoms with Gasteiger partial charge in [0.05, 0.1) is 6.04 Å². The Bertz CT molecular complexity index is 462. The van der Waals surface area contributed by atoms with E-state index in [0.717, 1.165) is 18.4 Å². The minimum atomic E-state index is 0.120. The molecule has 21 heavy (non-hydrogen) atoms. The lowest BCUT2D eigenvalue weighted by Gasteiger charge is -2.47. The number of likely N-dealkylation sites (tertiary alicyclic amines) is 1. The van der Waals surface area contributed by atoms with E-state index >= 15 is 0 Å². The van der Waals surface area contributed by atoms with Crippen molar-refractivity contribution >= 4 is 5.82 Å². The van der Waals surface area contributed by atoms with E-state index in [1.807, 2.05) is 13.2 Å². The first kappa shape index (κ1) is 16.2. The van der Waals surface area contributed by atoms with Crippen LogP contribution in [0.3, 0.4) is 0 Å². The van der Waals surface area contributed by atoms with Crippen LogP contribution in [0.4, 0.5) is 5.82 Å². The third-order valence-electron chi connectivity index (χ3n) is 5.18. The Kier molecular flexibility index (Phi) is 5.22. The molecular formula is C17H30N4. The van der Waals surface area contributed by atoms with Gasteiger partial charge in [0.25, 0.3) is 0 Å². The molecular weight excluding hydrogens is 260 g/mol. The summed E-state index contributed by atoms with van der Waals surface area (Å²) in [6.07, 6.45) is 6.69. The number of pyridine rings is 1. The molecule has 1 aliphatic heterocycles. The molecule has 1 aromatic rings. The summed E-state index contributed by atoms with van der Waals surface area (Å²) in [7, 11) is 2.04. The first-order valence-corrected chi connectivity index (χ1v) is 8.23. The molecule has 1 saturated heterocycles. The second kappa shape index (κ2) is 6.75. The van der Waals surface area contributed by atoms with Gasteiger partial charge < -0.3 is 11.1 Å². The molecule has 1 aliphatic rings. The molecule has 0 spiro atoms. The lowest BCUT2D eigenvalue weighted by Crippen LogP contribution is -2.54. The summed E-state index contributed by atoms with van der Waals surface area (Å²) in [6, 6.07) is 2.41. The van der Waals surface area contributed by atoms with Gasteiger partial charge in [-0.15, -0.1) is 0 Å². The quantitative estimate of drug-likeness (QED) is 0.846. The number of aromatic nitrogens is 1. The zero-order valence-electron chi connectivity index (χ0n) is 13.9. The predicted octanol–water partition coefficient (Wildman–Crippen LogP) is 2.89. The standard InChI is InChI=1S/C17H30N4/c1-5-17(6-2,21-9-7-8-10-21)15(19-4)14-11-13(3)12-20-16(14)18/h11-12,15,19H,5-10H2,1-4H3,(H2,18,20). The maximum atomic E-state index is 6.20. The third-order valence-corrected chi connectivity index (χ3v) is 5.18. The average molecular weight is 290 g/mol. The Morgan fingerprint density at radius 1 is 1.33 bits per heavy atom. The zero-order valence-corrected chi connectivity index (χ0v) is 13.9. The van der Waals surface area contributed by atoms with Crippen molar-refractivity contribution < 1.29 is 0 Å². The number of hydrogen-bond donors (Lipinski definition) is 2. The molecule has 1 unspecified atom stereocenters. The summed E-state index contributed by atoms with van der Waals surface area (Å²) in [5.41, 5.74) is 8.64. The van der Waals surface area contributed by atoms with E-state index in [9.17, 15) is 0 Å². The summed E-state index contributed by atoms with van der Waals surface area (Å²) < 4.78 is 0. The number of likely N-dealkylation sites (N-methyl/N-ethyl adjacent to an activating group) is 1. The topological polar surface area (TPSA) is 54.2 Å². The van der Waals surface area contributed by atoms with E-state index in [-0.39, 0.29) is 11.6 Å². The molecule has 3 N–H and O–H groups in total. The summed E-state index contributed by atoms with van der Waals surface area (Å²) in [4.78, 5) is 7.04. The van der Waals surface area contributed by atoms with Gasteiger partial charge in [-0.1, -0.05) is 13.8 Å². The van der Waals surface area contributed by atoms with Crippen LogP contribution in [-0.4, -0.2) is 35.6 Å². The fourth-order valence-corrected chi connectivity index (χ4v) is 4.00. The van der Waals surface area contributed by atoms with Gasteiger partial charge in [0.1, 0.15) is 5.82 Å². The van der Waals surface area contributed by atoms with Gasteiger partial charge in [0, 0.05) is 17.3 Å². The van der Waals surface area contributed by atoms with Gasteiger partial charge in [0.2, 0.25) is 0 Å². The lowest BCUT2D eigenvalue weighted by atomic mass is 9.79. The molecule has 1 fully saturated rings. The highest BCUT2D eigenvalue weighted by molar-refractivity contribution is 5.44. The Morgan fingerprint density at radius 3 is 2.48 bits per heavy atom. The van der Waals surface area contributed by atoms with Gasteiger partial charge >= 0.3 is 0 Å². The largest absolute Gasteiger partial charge is 0.383 e. The predicted molar refractivity (Wildman–Crippen MR) is 89.3 cm³/mol. The Labute approximate surface area is 129 Å². The lowest BCUT2D eigenvalue weighted by molar-refractivity contribution is 0.0648. The van der Waals surface area contributed by atoms with Crippen LogP contribution >= 0.6 is 0 Å². The summed E-state index contributed by atoms with van der Waals surface area (Å²) in [5.74, 6) is 0.658. The van der Waals surface area contributed by atoms with Crippen molar-refractivity contribution in [3.8, 4) is 0 Å². The van der Waals surface area contributed by atoms with Crippen LogP contribution in [-0.2, 0) is 0 Å². The van der Waals surface area contributed by atoms with Gasteiger partial charge in [-0.2, -0.15) is 0 Å². The molecule has 4 nitrogen and oxygen atoms in total. The molecule has 118 valence electrons. The van der Waals surface area contributed by atoms with Gasteiger partial charge in [-0.25, -0.2) is 4.98 Å². The van der Waals surface area contributed by atoms with Crippen LogP contribution in [0.15, 0.2) is 12.3 Å². The second-order valence-electron chi connectivity index (χ2n) is 6.21. The molecule has 1 aromatic heterocycles. The Morgan fingerprint density at radius 2 is 1.95 bits per heavy atom. The molecule has 0 bridgehead atoms. The number of nitrogens with zero attached hydrogens (tertiary/aromatic N) is 2. The average Bonchev–Trinajstić information content (AvgIpc) is 3.02. The second-order valence-corrected chi connectivity index (χ2v) is 6.21. The molecule has 0 saturated carbocycles. The highest BCUT2D eigenvalue weighted by atomic mass is 15.2. The summed E-state index contributed by atoms with van der Waals surface area (Å²) in [5, 5.41) is 3.54. The van der Waals surface area contributed by atoms with Crippen LogP contribution in [0.2, 0.25) is 0 Å². The Hall–Kier alpha value is -1.13. The van der Waals surface area contributed by atoms with Crippen LogP contribution in [0.25, 0.3) is 0 Å². The monoisotopic (exact) mass is 290 g/mol. The summed E-state index contributed by atoms with van der Waals surface area (Å²) in [6.45, 7) is 9.06. The van der Waals surface area contributed by atoms with Crippen molar-refractivity contribution in [3.05, 3.63) is 23.4 Å². The maximum absolute atomic E-state index is 6.20. The van der Waals surface area contributed by atoms with Crippen molar-refractivity contribution in [2.75, 3.05) is 25.9 Å². The van der Waals surface area contributed by atoms with Crippen molar-refractivity contribution in [2.45, 2.75) is 58.0 Å². The van der Waals surface area contributed by atoms with Crippen LogP contribution < -0.4 is 11.1 Å². The SMILES string of the molecule is CCC(CC)(C(NC)c1cc(C)cnc1N)N1CCCC1.